The van der Waals surface area contributed by atoms with Gasteiger partial charge in [-0.3, -0.25) is 14.4 Å². The second kappa shape index (κ2) is 68.7. The summed E-state index contributed by atoms with van der Waals surface area (Å²) in [6, 6.07) is 5.50. The lowest BCUT2D eigenvalue weighted by Gasteiger charge is -2.40. The van der Waals surface area contributed by atoms with Gasteiger partial charge in [-0.2, -0.15) is 23.7 Å². The summed E-state index contributed by atoms with van der Waals surface area (Å²) in [6.45, 7) is 41.3. The molecule has 0 bridgehead atoms. The number of likely N-dealkylation sites (tertiary alicyclic amines) is 14. The summed E-state index contributed by atoms with van der Waals surface area (Å²) in [7, 11) is 27.5. The summed E-state index contributed by atoms with van der Waals surface area (Å²) in [5, 5.41) is 38.3. The maximum Gasteiger partial charge on any atom is 0.393 e. The number of carboxylic acid groups (broad SMARTS) is 1. The van der Waals surface area contributed by atoms with Crippen LogP contribution >= 0.6 is 0 Å². The topological polar surface area (TPSA) is 197 Å². The third-order valence-corrected chi connectivity index (χ3v) is 29.4. The number of piperidine rings is 14. The zero-order valence-corrected chi connectivity index (χ0v) is 92.5. The van der Waals surface area contributed by atoms with Crippen molar-refractivity contribution in [2.24, 2.45) is 70.5 Å². The van der Waals surface area contributed by atoms with Crippen LogP contribution in [0.2, 0.25) is 0 Å². The largest absolute Gasteiger partial charge is 0.481 e. The average Bonchev–Trinajstić information content (AvgIpc) is 0.799. The van der Waals surface area contributed by atoms with Crippen LogP contribution < -0.4 is 5.32 Å². The molecule has 14 atom stereocenters. The fraction of sp³-hybridized carbons (Fsp3) is 0.952. The highest BCUT2D eigenvalue weighted by molar-refractivity contribution is 5.79. The number of aliphatic hydroxyl groups is 1. The van der Waals surface area contributed by atoms with E-state index in [9.17, 15) is 85.3 Å². The Morgan fingerprint density at radius 1 is 0.387 bits per heavy atom. The molecule has 1 amide bonds. The molecule has 0 aliphatic carbocycles. The van der Waals surface area contributed by atoms with Crippen LogP contribution in [0.1, 0.15) is 230 Å². The van der Waals surface area contributed by atoms with Crippen molar-refractivity contribution in [2.45, 2.75) is 296 Å². The van der Waals surface area contributed by atoms with Crippen LogP contribution in [0.25, 0.3) is 0 Å². The molecule has 3 N–H and O–H groups in total. The number of aliphatic carboxylic acids is 1. The first-order valence-corrected chi connectivity index (χ1v) is 53.0. The molecular weight excluding hydrogens is 1860 g/mol. The van der Waals surface area contributed by atoms with Gasteiger partial charge in [-0.15, -0.1) is 0 Å². The first kappa shape index (κ1) is 136. The minimum Gasteiger partial charge on any atom is -0.481 e. The van der Waals surface area contributed by atoms with E-state index in [2.05, 4.69) is 141 Å². The number of alkyl halides is 15. The van der Waals surface area contributed by atoms with Crippen molar-refractivity contribution >= 4 is 17.7 Å². The lowest BCUT2D eigenvalue weighted by atomic mass is 9.84. The first-order chi connectivity index (χ1) is 65.7. The van der Waals surface area contributed by atoms with Gasteiger partial charge in [0.15, 0.2) is 0 Å². The molecule has 14 fully saturated rings. The Balaban J connectivity index is 0.000000767. The fourth-order valence-electron chi connectivity index (χ4n) is 20.6. The Morgan fingerprint density at radius 3 is 1.05 bits per heavy atom. The first-order valence-electron chi connectivity index (χ1n) is 53.0. The van der Waals surface area contributed by atoms with Crippen LogP contribution in [0.5, 0.6) is 0 Å². The number of carboxylic acids is 1. The predicted octanol–water partition coefficient (Wildman–Crippen LogP) is 17.8. The molecule has 0 aromatic rings. The normalized spacial score (nSPS) is 30.5. The molecule has 14 heterocycles. The second-order valence-corrected chi connectivity index (χ2v) is 45.6. The van der Waals surface area contributed by atoms with Crippen LogP contribution in [-0.2, 0) is 14.4 Å². The Bertz CT molecular complexity index is 3170. The number of carbonyl (C=O) groups is 3. The maximum absolute atomic E-state index is 12.9. The molecule has 0 radical (unpaired) electrons. The van der Waals surface area contributed by atoms with Crippen molar-refractivity contribution in [3.8, 4) is 12.1 Å². The molecule has 0 aromatic carbocycles. The molecule has 0 spiro atoms. The molecule has 0 aromatic heterocycles. The van der Waals surface area contributed by atoms with Gasteiger partial charge in [0.2, 0.25) is 17.8 Å². The highest BCUT2D eigenvalue weighted by atomic mass is 19.4. The third kappa shape index (κ3) is 61.9. The van der Waals surface area contributed by atoms with E-state index in [-0.39, 0.29) is 62.1 Å². The summed E-state index contributed by atoms with van der Waals surface area (Å²) in [4.78, 5) is 61.5. The molecule has 14 aliphatic heterocycles. The number of nitriles is 2. The quantitative estimate of drug-likeness (QED) is 0.203. The van der Waals surface area contributed by atoms with E-state index in [4.69, 9.17) is 15.6 Å². The minimum absolute atomic E-state index is 0.0239. The van der Waals surface area contributed by atoms with Gasteiger partial charge in [-0.1, -0.05) is 34.1 Å². The van der Waals surface area contributed by atoms with E-state index in [1.165, 1.54) is 44.2 Å². The molecular formula is C105H198F15N17O5. The predicted molar refractivity (Wildman–Crippen MR) is 545 cm³/mol. The number of nitrogens with zero attached hydrogens (tertiary/aromatic N) is 16. The van der Waals surface area contributed by atoms with Gasteiger partial charge in [-0.05, 0) is 377 Å². The van der Waals surface area contributed by atoms with Gasteiger partial charge in [-0.25, -0.2) is 52.7 Å². The van der Waals surface area contributed by atoms with E-state index in [1.54, 1.807) is 18.9 Å². The van der Waals surface area contributed by atoms with Gasteiger partial charge in [0, 0.05) is 148 Å². The highest BCUT2D eigenvalue weighted by Gasteiger charge is 2.51. The van der Waals surface area contributed by atoms with Gasteiger partial charge < -0.3 is 84.1 Å². The number of Topliss-reactive ketones (excluding diaryl/α,β-unsaturated/α-hetero) is 1. The van der Waals surface area contributed by atoms with Crippen LogP contribution in [0.15, 0.2) is 0 Å². The van der Waals surface area contributed by atoms with Crippen molar-refractivity contribution < 1.29 is 90.5 Å². The van der Waals surface area contributed by atoms with E-state index < -0.39 is 90.3 Å². The molecule has 37 heteroatoms. The lowest BCUT2D eigenvalue weighted by Crippen LogP contribution is -2.53. The molecule has 14 saturated heterocycles. The number of halogens is 15. The zero-order valence-electron chi connectivity index (χ0n) is 92.5. The summed E-state index contributed by atoms with van der Waals surface area (Å²) in [5.74, 6) is -11.2. The number of ketones is 1. The number of rotatable bonds is 7. The second-order valence-electron chi connectivity index (χ2n) is 45.6. The SMILES string of the molecule is CC(=O)C1CCN(C)CC1.CC1CC(F)CN(C)C1.CCNC(=O)C1CCCN(C)C1.CN1CCC(C#N)CC1.CN1CCC(C(C)(F)F)CC1.CN1CCC(O)(C(C)(F)F)CC1.CN1CCCC(C(=O)O)C1.CN1CCCC(C)(C#N)C1.CN1CCCC(F)(F)C1.CN1C[C@@H](C(C)(F)F)C[C@@H](C(F)(F)F)C1.C[C@@H]1CCCCN1C.C[C@@H]1C[C@@H](F)CN(C)C1.C[C@H]1C[C@@H](F)CN(C)C1.C[C@H]1C[C@H](F)CN(C)C1. The van der Waals surface area contributed by atoms with Gasteiger partial charge in [0.05, 0.1) is 41.9 Å². The fourth-order valence-corrected chi connectivity index (χ4v) is 20.6. The van der Waals surface area contributed by atoms with E-state index >= 15 is 0 Å². The minimum atomic E-state index is -4.38. The summed E-state index contributed by atoms with van der Waals surface area (Å²) < 4.78 is 190. The smallest absolute Gasteiger partial charge is 0.393 e. The van der Waals surface area contributed by atoms with Crippen molar-refractivity contribution in [3.63, 3.8) is 0 Å². The van der Waals surface area contributed by atoms with Crippen LogP contribution in [0.4, 0.5) is 65.9 Å². The Labute approximate surface area is 849 Å². The lowest BCUT2D eigenvalue weighted by molar-refractivity contribution is -0.201. The van der Waals surface area contributed by atoms with Gasteiger partial charge >= 0.3 is 12.1 Å². The molecule has 5 unspecified atom stereocenters. The van der Waals surface area contributed by atoms with Crippen molar-refractivity contribution in [2.75, 3.05) is 282 Å². The van der Waals surface area contributed by atoms with Gasteiger partial charge in [0.1, 0.15) is 36.1 Å². The molecule has 142 heavy (non-hydrogen) atoms. The molecule has 22 nitrogen and oxygen atoms in total. The standard InChI is InChI=1S/C9H14F5N.C9H18N2O.C8H15F2NO.C8H15F2N.C8H14N2.C8H15NO.4C7H14FN.C7H12N2.C7H13NO2.C7H15N.C6H11F2N/c1-8(10,11)6-3-7(9(12,13)14)5-15(2)4-6;1-3-10-9(12)8-5-4-6-11(2)7-8;1-7(9,10)8(12)3-5-11(2)6-4-8;1-8(9,10)7-3-5-11(2)6-4-7;1-8(6-9)4-3-5-10(2)7-8;1-7(10)8-3-5-9(2)6-4-8;4*1-6-3-7(8)5-9(2)4-6;1-9-4-2-7(6-8)3-5-9;1-8-4-2-3-6(5-8)7(9)10;1-7-5-3-4-6-8(7)2;1-9-4-2-3-6(7,8)5-9/h6-7H,3-5H2,1-2H3;8H,3-7H2,1-2H3,(H,10,12);12H,3-6H2,1-2H3;7H,3-6H2,1-2H3;3-5,7H2,1-2H3;8H,3-6H2,1-2H3;4*6-7H,3-5H2,1-2H3;7H,2-5H2,1H3;6H,2-5H2,1H3,(H,9,10);7H,3-6H2,1-2H3;2-5H2,1H3/t6-,7+;;;;;;6-,7+;2*6-,7-;;;;7-;/m0.....010...1./s1. The van der Waals surface area contributed by atoms with Crippen LogP contribution in [-0.4, -0.2) is 445 Å². The third-order valence-electron chi connectivity index (χ3n) is 29.4. The van der Waals surface area contributed by atoms with Crippen molar-refractivity contribution in [1.82, 2.24) is 73.9 Å². The summed E-state index contributed by atoms with van der Waals surface area (Å²) in [5.41, 5.74) is -1.85. The van der Waals surface area contributed by atoms with E-state index in [1.807, 2.05) is 68.1 Å². The molecule has 838 valence electrons. The van der Waals surface area contributed by atoms with Gasteiger partial charge in [0.25, 0.3) is 11.8 Å². The Hall–Kier alpha value is -4.06. The summed E-state index contributed by atoms with van der Waals surface area (Å²) >= 11 is 0. The monoisotopic (exact) mass is 2060 g/mol. The number of hydrogen-bond acceptors (Lipinski definition) is 20. The maximum atomic E-state index is 12.9. The van der Waals surface area contributed by atoms with E-state index in [0.717, 1.165) is 221 Å². The average molecular weight is 2060 g/mol. The van der Waals surface area contributed by atoms with Crippen molar-refractivity contribution in [3.05, 3.63) is 0 Å². The van der Waals surface area contributed by atoms with Crippen molar-refractivity contribution in [1.29, 1.82) is 10.5 Å². The molecule has 0 saturated carbocycles. The Morgan fingerprint density at radius 2 is 0.754 bits per heavy atom. The van der Waals surface area contributed by atoms with Crippen LogP contribution in [0, 0.1) is 93.2 Å². The molecule has 14 rings (SSSR count). The van der Waals surface area contributed by atoms with Crippen LogP contribution in [0.3, 0.4) is 0 Å². The summed E-state index contributed by atoms with van der Waals surface area (Å²) in [6.07, 6.45) is 12.9. The zero-order chi connectivity index (χ0) is 108. The highest BCUT2D eigenvalue weighted by Crippen LogP contribution is 2.41. The number of carbonyl (C=O) groups excluding carboxylic acids is 2. The van der Waals surface area contributed by atoms with E-state index in [0.29, 0.717) is 107 Å². The molecule has 14 aliphatic rings. The number of hydrogen-bond donors (Lipinski definition) is 3. The Kier molecular flexibility index (Phi) is 65.8. The number of amides is 1. The number of nitrogens with one attached hydrogen (secondary N) is 1.